The summed E-state index contributed by atoms with van der Waals surface area (Å²) in [5.74, 6) is 1.04. The zero-order chi connectivity index (χ0) is 14.5. The molecule has 0 amide bonds. The highest BCUT2D eigenvalue weighted by Crippen LogP contribution is 2.23. The summed E-state index contributed by atoms with van der Waals surface area (Å²) in [5.41, 5.74) is 3.33. The number of benzene rings is 2. The molecule has 1 atom stereocenters. The normalized spacial score (nSPS) is 12.2. The van der Waals surface area contributed by atoms with Gasteiger partial charge in [-0.3, -0.25) is 0 Å². The molecule has 0 unspecified atom stereocenters. The Bertz CT molecular complexity index is 581. The van der Waals surface area contributed by atoms with Gasteiger partial charge in [0.2, 0.25) is 0 Å². The quantitative estimate of drug-likeness (QED) is 0.873. The molecule has 0 aliphatic carbocycles. The Labute approximate surface area is 120 Å². The van der Waals surface area contributed by atoms with Crippen molar-refractivity contribution in [2.24, 2.45) is 0 Å². The third-order valence-electron chi connectivity index (χ3n) is 3.43. The Morgan fingerprint density at radius 2 is 2.00 bits per heavy atom. The molecular weight excluding hydrogens is 250 g/mol. The third-order valence-corrected chi connectivity index (χ3v) is 3.43. The van der Waals surface area contributed by atoms with E-state index >= 15 is 0 Å². The summed E-state index contributed by atoms with van der Waals surface area (Å²) in [6.45, 7) is 4.80. The molecule has 3 heteroatoms. The van der Waals surface area contributed by atoms with Crippen molar-refractivity contribution in [3.05, 3.63) is 59.2 Å². The van der Waals surface area contributed by atoms with Crippen LogP contribution in [0, 0.1) is 6.92 Å². The third kappa shape index (κ3) is 3.52. The standard InChI is InChI=1S/C17H21NO2/c1-12-5-4-6-14(9-12)13(2)18-11-15-10-16(20-3)7-8-17(15)19/h4-10,13,18-19H,11H2,1-3H3/t13-/m0/s1. The minimum atomic E-state index is 0.223. The Morgan fingerprint density at radius 3 is 2.70 bits per heavy atom. The van der Waals surface area contributed by atoms with Gasteiger partial charge in [0.15, 0.2) is 0 Å². The molecule has 0 saturated carbocycles. The van der Waals surface area contributed by atoms with Gasteiger partial charge in [0.25, 0.3) is 0 Å². The van der Waals surface area contributed by atoms with Crippen LogP contribution in [-0.2, 0) is 6.54 Å². The van der Waals surface area contributed by atoms with Gasteiger partial charge in [0, 0.05) is 18.2 Å². The number of hydrogen-bond acceptors (Lipinski definition) is 3. The molecular formula is C17H21NO2. The average Bonchev–Trinajstić information content (AvgIpc) is 2.46. The molecule has 0 radical (unpaired) electrons. The lowest BCUT2D eigenvalue weighted by molar-refractivity contribution is 0.409. The van der Waals surface area contributed by atoms with Gasteiger partial charge in [-0.2, -0.15) is 0 Å². The van der Waals surface area contributed by atoms with Gasteiger partial charge in [-0.1, -0.05) is 29.8 Å². The Balaban J connectivity index is 2.05. The summed E-state index contributed by atoms with van der Waals surface area (Å²) in [7, 11) is 1.62. The smallest absolute Gasteiger partial charge is 0.120 e. The van der Waals surface area contributed by atoms with Gasteiger partial charge in [-0.05, 0) is 37.6 Å². The molecule has 0 aromatic heterocycles. The maximum atomic E-state index is 9.86. The van der Waals surface area contributed by atoms with Crippen LogP contribution in [0.15, 0.2) is 42.5 Å². The van der Waals surface area contributed by atoms with Gasteiger partial charge in [-0.25, -0.2) is 0 Å². The van der Waals surface area contributed by atoms with E-state index < -0.39 is 0 Å². The first-order chi connectivity index (χ1) is 9.60. The van der Waals surface area contributed by atoms with E-state index in [0.29, 0.717) is 6.54 Å². The van der Waals surface area contributed by atoms with Crippen molar-refractivity contribution in [2.45, 2.75) is 26.4 Å². The fraction of sp³-hybridized carbons (Fsp3) is 0.294. The van der Waals surface area contributed by atoms with E-state index in [1.807, 2.05) is 6.07 Å². The minimum absolute atomic E-state index is 0.223. The van der Waals surface area contributed by atoms with Crippen molar-refractivity contribution in [1.82, 2.24) is 5.32 Å². The molecule has 2 aromatic carbocycles. The lowest BCUT2D eigenvalue weighted by Crippen LogP contribution is -2.18. The predicted molar refractivity (Wildman–Crippen MR) is 81.1 cm³/mol. The first-order valence-electron chi connectivity index (χ1n) is 6.76. The molecule has 0 spiro atoms. The largest absolute Gasteiger partial charge is 0.508 e. The van der Waals surface area contributed by atoms with Crippen LogP contribution in [0.5, 0.6) is 11.5 Å². The van der Waals surface area contributed by atoms with Gasteiger partial charge in [-0.15, -0.1) is 0 Å². The van der Waals surface area contributed by atoms with Crippen molar-refractivity contribution >= 4 is 0 Å². The number of aryl methyl sites for hydroxylation is 1. The Morgan fingerprint density at radius 1 is 1.20 bits per heavy atom. The highest BCUT2D eigenvalue weighted by molar-refractivity contribution is 5.39. The molecule has 0 heterocycles. The summed E-state index contributed by atoms with van der Waals surface area (Å²) < 4.78 is 5.18. The molecule has 0 aliphatic heterocycles. The number of rotatable bonds is 5. The van der Waals surface area contributed by atoms with Gasteiger partial charge in [0.1, 0.15) is 11.5 Å². The van der Waals surface area contributed by atoms with Gasteiger partial charge < -0.3 is 15.2 Å². The second kappa shape index (κ2) is 6.44. The monoisotopic (exact) mass is 271 g/mol. The van der Waals surface area contributed by atoms with Crippen LogP contribution < -0.4 is 10.1 Å². The second-order valence-corrected chi connectivity index (χ2v) is 5.01. The fourth-order valence-corrected chi connectivity index (χ4v) is 2.15. The van der Waals surface area contributed by atoms with Gasteiger partial charge >= 0.3 is 0 Å². The van der Waals surface area contributed by atoms with Crippen LogP contribution in [0.25, 0.3) is 0 Å². The summed E-state index contributed by atoms with van der Waals surface area (Å²) in [6.07, 6.45) is 0. The SMILES string of the molecule is COc1ccc(O)c(CN[C@@H](C)c2cccc(C)c2)c1. The minimum Gasteiger partial charge on any atom is -0.508 e. The lowest BCUT2D eigenvalue weighted by Gasteiger charge is -2.16. The summed E-state index contributed by atoms with van der Waals surface area (Å²) in [4.78, 5) is 0. The van der Waals surface area contributed by atoms with Crippen LogP contribution >= 0.6 is 0 Å². The van der Waals surface area contributed by atoms with Crippen molar-refractivity contribution in [2.75, 3.05) is 7.11 Å². The molecule has 3 nitrogen and oxygen atoms in total. The molecule has 0 aliphatic rings. The molecule has 0 fully saturated rings. The zero-order valence-electron chi connectivity index (χ0n) is 12.2. The number of phenolic OH excluding ortho intramolecular Hbond substituents is 1. The van der Waals surface area contributed by atoms with E-state index in [9.17, 15) is 5.11 Å². The fourth-order valence-electron chi connectivity index (χ4n) is 2.15. The number of methoxy groups -OCH3 is 1. The van der Waals surface area contributed by atoms with Crippen LogP contribution in [0.1, 0.15) is 29.7 Å². The van der Waals surface area contributed by atoms with E-state index in [1.54, 1.807) is 19.2 Å². The molecule has 2 aromatic rings. The first-order valence-corrected chi connectivity index (χ1v) is 6.76. The molecule has 106 valence electrons. The van der Waals surface area contributed by atoms with Crippen molar-refractivity contribution in [1.29, 1.82) is 0 Å². The van der Waals surface area contributed by atoms with E-state index in [0.717, 1.165) is 11.3 Å². The molecule has 2 rings (SSSR count). The van der Waals surface area contributed by atoms with Gasteiger partial charge in [0.05, 0.1) is 7.11 Å². The number of phenols is 1. The van der Waals surface area contributed by atoms with Crippen LogP contribution in [-0.4, -0.2) is 12.2 Å². The zero-order valence-corrected chi connectivity index (χ0v) is 12.2. The number of aromatic hydroxyl groups is 1. The highest BCUT2D eigenvalue weighted by Gasteiger charge is 2.08. The van der Waals surface area contributed by atoms with Crippen molar-refractivity contribution in [3.8, 4) is 11.5 Å². The summed E-state index contributed by atoms with van der Waals surface area (Å²) >= 11 is 0. The predicted octanol–water partition coefficient (Wildman–Crippen LogP) is 3.56. The number of ether oxygens (including phenoxy) is 1. The summed E-state index contributed by atoms with van der Waals surface area (Å²) in [5, 5.41) is 13.3. The molecule has 0 bridgehead atoms. The lowest BCUT2D eigenvalue weighted by atomic mass is 10.1. The molecule has 2 N–H and O–H groups in total. The maximum Gasteiger partial charge on any atom is 0.120 e. The van der Waals surface area contributed by atoms with E-state index in [1.165, 1.54) is 11.1 Å². The van der Waals surface area contributed by atoms with Crippen molar-refractivity contribution in [3.63, 3.8) is 0 Å². The van der Waals surface area contributed by atoms with E-state index in [4.69, 9.17) is 4.74 Å². The number of nitrogens with one attached hydrogen (secondary N) is 1. The molecule has 20 heavy (non-hydrogen) atoms. The second-order valence-electron chi connectivity index (χ2n) is 5.01. The van der Waals surface area contributed by atoms with E-state index in [2.05, 4.69) is 43.4 Å². The van der Waals surface area contributed by atoms with Crippen LogP contribution in [0.3, 0.4) is 0 Å². The average molecular weight is 271 g/mol. The molecule has 0 saturated heterocycles. The van der Waals surface area contributed by atoms with Crippen LogP contribution in [0.2, 0.25) is 0 Å². The van der Waals surface area contributed by atoms with E-state index in [-0.39, 0.29) is 11.8 Å². The van der Waals surface area contributed by atoms with Crippen LogP contribution in [0.4, 0.5) is 0 Å². The Kier molecular flexibility index (Phi) is 4.64. The topological polar surface area (TPSA) is 41.5 Å². The summed E-state index contributed by atoms with van der Waals surface area (Å²) in [6, 6.07) is 13.9. The highest BCUT2D eigenvalue weighted by atomic mass is 16.5. The number of hydrogen-bond donors (Lipinski definition) is 2. The Hall–Kier alpha value is -2.00. The maximum absolute atomic E-state index is 9.86. The van der Waals surface area contributed by atoms with Crippen molar-refractivity contribution < 1.29 is 9.84 Å². The first kappa shape index (κ1) is 14.4.